The molecule has 0 unspecified atom stereocenters. The fourth-order valence-electron chi connectivity index (χ4n) is 9.08. The van der Waals surface area contributed by atoms with Crippen LogP contribution in [0.25, 0.3) is 21.5 Å². The first-order valence-electron chi connectivity index (χ1n) is 20.6. The van der Waals surface area contributed by atoms with E-state index >= 15 is 0 Å². The van der Waals surface area contributed by atoms with Gasteiger partial charge in [0.05, 0.1) is 26.4 Å². The Morgan fingerprint density at radius 3 is 1.40 bits per heavy atom. The van der Waals surface area contributed by atoms with E-state index < -0.39 is 0 Å². The normalized spacial score (nSPS) is 17.8. The lowest BCUT2D eigenvalue weighted by Crippen LogP contribution is -2.45. The van der Waals surface area contributed by atoms with Gasteiger partial charge in [-0.2, -0.15) is 0 Å². The number of carbonyl (C=O) groups excluding carboxylic acids is 1. The van der Waals surface area contributed by atoms with Gasteiger partial charge in [-0.25, -0.2) is 0 Å². The average Bonchev–Trinajstić information content (AvgIpc) is 3.17. The van der Waals surface area contributed by atoms with Crippen molar-refractivity contribution in [2.75, 3.05) is 39.5 Å². The molecule has 5 aromatic carbocycles. The molecule has 0 saturated carbocycles. The summed E-state index contributed by atoms with van der Waals surface area (Å²) < 4.78 is 25.6. The van der Waals surface area contributed by atoms with Crippen molar-refractivity contribution in [3.63, 3.8) is 0 Å². The molecular weight excluding hydrogens is 683 g/mol. The molecule has 1 spiro atoms. The molecule has 1 saturated heterocycles. The van der Waals surface area contributed by atoms with Crippen molar-refractivity contribution in [3.8, 4) is 11.5 Å². The predicted octanol–water partition coefficient (Wildman–Crippen LogP) is 11.0. The highest BCUT2D eigenvalue weighted by molar-refractivity contribution is 6.10. The van der Waals surface area contributed by atoms with Crippen LogP contribution in [0.5, 0.6) is 11.5 Å². The van der Waals surface area contributed by atoms with Crippen LogP contribution in [0, 0.1) is 27.7 Å². The van der Waals surface area contributed by atoms with Crippen LogP contribution in [0.2, 0.25) is 0 Å². The zero-order valence-electron chi connectivity index (χ0n) is 33.7. The van der Waals surface area contributed by atoms with Crippen molar-refractivity contribution >= 4 is 27.5 Å². The van der Waals surface area contributed by atoms with Crippen molar-refractivity contribution in [2.45, 2.75) is 105 Å². The molecule has 6 heteroatoms. The van der Waals surface area contributed by atoms with Crippen molar-refractivity contribution in [3.05, 3.63) is 117 Å². The molecule has 5 aromatic rings. The summed E-state index contributed by atoms with van der Waals surface area (Å²) in [5.74, 6) is 2.13. The number of rotatable bonds is 0. The first-order valence-corrected chi connectivity index (χ1v) is 20.6. The molecule has 4 heterocycles. The first kappa shape index (κ1) is 38.9. The average molecular weight is 742 g/mol. The zero-order chi connectivity index (χ0) is 38.4. The number of ether oxygens (including phenoxy) is 4. The lowest BCUT2D eigenvalue weighted by Gasteiger charge is -2.43. The number of amides is 1. The van der Waals surface area contributed by atoms with Gasteiger partial charge in [-0.1, -0.05) is 72.8 Å². The molecule has 4 aliphatic heterocycles. The van der Waals surface area contributed by atoms with Gasteiger partial charge in [-0.05, 0) is 145 Å². The van der Waals surface area contributed by atoms with Crippen LogP contribution in [0.15, 0.2) is 72.8 Å². The molecule has 0 aliphatic carbocycles. The second-order valence-electron chi connectivity index (χ2n) is 16.0. The van der Waals surface area contributed by atoms with E-state index in [1.165, 1.54) is 66.1 Å². The molecule has 6 nitrogen and oxygen atoms in total. The second kappa shape index (κ2) is 17.6. The third-order valence-electron chi connectivity index (χ3n) is 12.0. The van der Waals surface area contributed by atoms with E-state index in [-0.39, 0.29) is 11.3 Å². The Labute approximate surface area is 328 Å². The fraction of sp³-hybridized carbons (Fsp3) is 0.449. The maximum Gasteiger partial charge on any atom is 0.219 e. The highest BCUT2D eigenvalue weighted by atomic mass is 16.5. The van der Waals surface area contributed by atoms with Gasteiger partial charge in [-0.15, -0.1) is 0 Å². The van der Waals surface area contributed by atoms with E-state index in [1.54, 1.807) is 6.92 Å². The highest BCUT2D eigenvalue weighted by Crippen LogP contribution is 2.45. The predicted molar refractivity (Wildman–Crippen MR) is 224 cm³/mol. The van der Waals surface area contributed by atoms with E-state index in [0.29, 0.717) is 26.4 Å². The molecule has 0 atom stereocenters. The molecule has 1 amide bonds. The summed E-state index contributed by atoms with van der Waals surface area (Å²) in [5.41, 5.74) is 9.54. The Bertz CT molecular complexity index is 1950. The van der Waals surface area contributed by atoms with E-state index in [1.807, 2.05) is 4.90 Å². The molecule has 9 rings (SSSR count). The summed E-state index contributed by atoms with van der Waals surface area (Å²) in [5, 5.41) is 5.02. The molecule has 0 N–H and O–H groups in total. The number of aryl methyl sites for hydroxylation is 4. The minimum Gasteiger partial charge on any atom is -0.493 e. The van der Waals surface area contributed by atoms with Crippen molar-refractivity contribution in [1.29, 1.82) is 0 Å². The van der Waals surface area contributed by atoms with Gasteiger partial charge in [-0.3, -0.25) is 4.79 Å². The topological polar surface area (TPSA) is 57.2 Å². The maximum absolute atomic E-state index is 12.4. The largest absolute Gasteiger partial charge is 0.493 e. The van der Waals surface area contributed by atoms with E-state index in [4.69, 9.17) is 18.9 Å². The quantitative estimate of drug-likeness (QED) is 0.148. The Morgan fingerprint density at radius 1 is 0.564 bits per heavy atom. The van der Waals surface area contributed by atoms with Crippen LogP contribution in [0.1, 0.15) is 103 Å². The van der Waals surface area contributed by atoms with Gasteiger partial charge in [0.25, 0.3) is 0 Å². The number of piperidine rings is 1. The van der Waals surface area contributed by atoms with E-state index in [2.05, 4.69) is 100 Å². The minimum atomic E-state index is -0.200. The molecule has 0 aromatic heterocycles. The Hall–Kier alpha value is -4.39. The zero-order valence-corrected chi connectivity index (χ0v) is 33.7. The smallest absolute Gasteiger partial charge is 0.219 e. The van der Waals surface area contributed by atoms with Gasteiger partial charge < -0.3 is 23.8 Å². The fourth-order valence-corrected chi connectivity index (χ4v) is 9.08. The minimum absolute atomic E-state index is 0.151. The standard InChI is InChI=1S/C49H59NO5/c1-34-28-43-29-35(2)47(34)54-26-10-6-8-24-52-32-41-16-12-14-39-18-19-40-15-13-17-42(46(40)45(39)41)33-53-25-9-7-11-27-55-48-36(3)30-44(31-37(48)4)49(43)20-22-50(23-21-49)38(5)51/h12-19,28-31H,6-11,20-27,32-33H2,1-5H3. The summed E-state index contributed by atoms with van der Waals surface area (Å²) >= 11 is 0. The van der Waals surface area contributed by atoms with Crippen LogP contribution in [0.3, 0.4) is 0 Å². The second-order valence-corrected chi connectivity index (χ2v) is 16.0. The molecule has 0 radical (unpaired) electrons. The number of hydrogen-bond acceptors (Lipinski definition) is 5. The Kier molecular flexibility index (Phi) is 12.4. The molecule has 4 aliphatic rings. The number of benzene rings is 5. The van der Waals surface area contributed by atoms with Crippen molar-refractivity contribution < 1.29 is 23.7 Å². The number of carbonyl (C=O) groups is 1. The summed E-state index contributed by atoms with van der Waals surface area (Å²) in [4.78, 5) is 14.4. The number of fused-ring (bicyclic) bond motifs is 2. The number of likely N-dealkylation sites (tertiary alicyclic amines) is 1. The maximum atomic E-state index is 12.4. The van der Waals surface area contributed by atoms with Crippen LogP contribution >= 0.6 is 0 Å². The molecule has 4 bridgehead atoms. The van der Waals surface area contributed by atoms with Gasteiger partial charge in [0, 0.05) is 38.6 Å². The lowest BCUT2D eigenvalue weighted by molar-refractivity contribution is -0.130. The lowest BCUT2D eigenvalue weighted by atomic mass is 9.67. The van der Waals surface area contributed by atoms with Gasteiger partial charge >= 0.3 is 0 Å². The van der Waals surface area contributed by atoms with Crippen molar-refractivity contribution in [1.82, 2.24) is 4.90 Å². The Balaban J connectivity index is 1.13. The molecular formula is C49H59NO5. The third-order valence-corrected chi connectivity index (χ3v) is 12.0. The number of nitrogens with zero attached hydrogens (tertiary/aromatic N) is 1. The van der Waals surface area contributed by atoms with Crippen LogP contribution in [-0.2, 0) is 32.9 Å². The third kappa shape index (κ3) is 8.56. The summed E-state index contributed by atoms with van der Waals surface area (Å²) in [6.45, 7) is 15.9. The summed E-state index contributed by atoms with van der Waals surface area (Å²) in [6.07, 6.45) is 7.79. The monoisotopic (exact) mass is 741 g/mol. The first-order chi connectivity index (χ1) is 26.7. The van der Waals surface area contributed by atoms with E-state index in [9.17, 15) is 4.79 Å². The summed E-state index contributed by atoms with van der Waals surface area (Å²) in [6, 6.07) is 26.9. The summed E-state index contributed by atoms with van der Waals surface area (Å²) in [7, 11) is 0. The van der Waals surface area contributed by atoms with Crippen LogP contribution in [0.4, 0.5) is 0 Å². The number of hydrogen-bond donors (Lipinski definition) is 0. The van der Waals surface area contributed by atoms with Gasteiger partial charge in [0.2, 0.25) is 5.91 Å². The van der Waals surface area contributed by atoms with Crippen LogP contribution in [-0.4, -0.2) is 50.3 Å². The molecule has 1 fully saturated rings. The van der Waals surface area contributed by atoms with Crippen LogP contribution < -0.4 is 9.47 Å². The SMILES string of the molecule is CC(=O)N1CCC2(CC1)c1cc(C)c(c(C)c1)OCCCCCOCc1cccc3ccc4cccc(c4c13)COCCCCCOc1c(C)cc2cc1C. The highest BCUT2D eigenvalue weighted by Gasteiger charge is 2.39. The molecule has 55 heavy (non-hydrogen) atoms. The Morgan fingerprint density at radius 2 is 0.982 bits per heavy atom. The van der Waals surface area contributed by atoms with Gasteiger partial charge in [0.1, 0.15) is 11.5 Å². The molecule has 290 valence electrons. The van der Waals surface area contributed by atoms with E-state index in [0.717, 1.165) is 89.2 Å². The van der Waals surface area contributed by atoms with Crippen molar-refractivity contribution in [2.24, 2.45) is 0 Å². The van der Waals surface area contributed by atoms with Gasteiger partial charge in [0.15, 0.2) is 0 Å².